The maximum atomic E-state index is 13.1. The first-order chi connectivity index (χ1) is 25.7. The molecule has 9 heteroatoms. The largest absolute Gasteiger partial charge is 0.504 e. The van der Waals surface area contributed by atoms with Gasteiger partial charge >= 0.3 is 0 Å². The van der Waals surface area contributed by atoms with Crippen molar-refractivity contribution in [3.63, 3.8) is 0 Å². The summed E-state index contributed by atoms with van der Waals surface area (Å²) in [6.07, 6.45) is 7.31. The summed E-state index contributed by atoms with van der Waals surface area (Å²) in [6, 6.07) is 29.1. The fourth-order valence-corrected chi connectivity index (χ4v) is 8.34. The van der Waals surface area contributed by atoms with Crippen LogP contribution in [-0.2, 0) is 24.1 Å². The molecule has 2 fully saturated rings. The van der Waals surface area contributed by atoms with Gasteiger partial charge in [-0.25, -0.2) is 0 Å². The molecule has 9 nitrogen and oxygen atoms in total. The van der Waals surface area contributed by atoms with E-state index in [1.165, 1.54) is 11.6 Å². The summed E-state index contributed by atoms with van der Waals surface area (Å²) in [5, 5.41) is 47.3. The second-order valence-electron chi connectivity index (χ2n) is 15.0. The van der Waals surface area contributed by atoms with E-state index in [2.05, 4.69) is 41.7 Å². The number of aliphatic hydroxyl groups excluding tert-OH is 1. The van der Waals surface area contributed by atoms with E-state index >= 15 is 0 Å². The van der Waals surface area contributed by atoms with Crippen molar-refractivity contribution in [2.24, 2.45) is 11.1 Å². The van der Waals surface area contributed by atoms with Gasteiger partial charge in [-0.15, -0.1) is 0 Å². The van der Waals surface area contributed by atoms with Gasteiger partial charge < -0.3 is 35.2 Å². The quantitative estimate of drug-likeness (QED) is 0.0496. The topological polar surface area (TPSA) is 154 Å². The predicted molar refractivity (Wildman–Crippen MR) is 206 cm³/mol. The molecule has 0 radical (unpaired) electrons. The summed E-state index contributed by atoms with van der Waals surface area (Å²) in [7, 11) is 0. The maximum Gasteiger partial charge on any atom is 0.200 e. The van der Waals surface area contributed by atoms with Gasteiger partial charge in [-0.3, -0.25) is 10.5 Å². The number of hydrogen-bond donors (Lipinski definition) is 6. The maximum absolute atomic E-state index is 13.1. The van der Waals surface area contributed by atoms with Crippen molar-refractivity contribution in [3.05, 3.63) is 113 Å². The van der Waals surface area contributed by atoms with Crippen molar-refractivity contribution in [1.29, 1.82) is 0 Å². The predicted octanol–water partition coefficient (Wildman–Crippen LogP) is 7.07. The molecule has 2 aliphatic rings. The lowest BCUT2D eigenvalue weighted by Crippen LogP contribution is -2.55. The molecule has 7 N–H and O–H groups in total. The van der Waals surface area contributed by atoms with E-state index in [1.54, 1.807) is 18.2 Å². The summed E-state index contributed by atoms with van der Waals surface area (Å²) in [4.78, 5) is 13.1. The zero-order chi connectivity index (χ0) is 37.2. The number of nitrogens with one attached hydrogen (secondary N) is 1. The highest BCUT2D eigenvalue weighted by Gasteiger charge is 2.47. The third-order valence-electron chi connectivity index (χ3n) is 11.3. The Bertz CT molecular complexity index is 1780. The van der Waals surface area contributed by atoms with Crippen LogP contribution in [0.25, 0.3) is 0 Å². The first kappa shape index (κ1) is 38.2. The van der Waals surface area contributed by atoms with Gasteiger partial charge in [0.25, 0.3) is 0 Å². The van der Waals surface area contributed by atoms with Crippen LogP contribution in [0, 0.1) is 5.41 Å². The number of carbonyl (C=O) groups is 1. The average molecular weight is 723 g/mol. The zero-order valence-corrected chi connectivity index (χ0v) is 30.5. The first-order valence-corrected chi connectivity index (χ1v) is 19.1. The number of phenolic OH excluding ortho intramolecular Hbond substituents is 3. The molecule has 0 unspecified atom stereocenters. The normalized spacial score (nSPS) is 19.1. The fourth-order valence-electron chi connectivity index (χ4n) is 8.34. The average Bonchev–Trinajstić information content (AvgIpc) is 3.64. The number of carbonyl (C=O) groups excluding carboxylic acids is 1. The van der Waals surface area contributed by atoms with Crippen LogP contribution in [0.15, 0.2) is 91.0 Å². The molecule has 1 aliphatic heterocycles. The first-order valence-electron chi connectivity index (χ1n) is 19.1. The highest BCUT2D eigenvalue weighted by molar-refractivity contribution is 5.79. The lowest BCUT2D eigenvalue weighted by molar-refractivity contribution is -0.121. The zero-order valence-electron chi connectivity index (χ0n) is 30.5. The smallest absolute Gasteiger partial charge is 0.200 e. The van der Waals surface area contributed by atoms with E-state index in [0.29, 0.717) is 19.3 Å². The van der Waals surface area contributed by atoms with Gasteiger partial charge in [0.05, 0.1) is 6.10 Å². The number of phenols is 3. The summed E-state index contributed by atoms with van der Waals surface area (Å²) >= 11 is 0. The van der Waals surface area contributed by atoms with Crippen LogP contribution >= 0.6 is 0 Å². The molecule has 0 aromatic heterocycles. The molecule has 1 aliphatic carbocycles. The number of aromatic hydroxyl groups is 3. The summed E-state index contributed by atoms with van der Waals surface area (Å²) < 4.78 is 12.1. The van der Waals surface area contributed by atoms with Crippen LogP contribution in [0.1, 0.15) is 86.0 Å². The summed E-state index contributed by atoms with van der Waals surface area (Å²) in [5.41, 5.74) is 9.40. The lowest BCUT2D eigenvalue weighted by Gasteiger charge is -2.45. The number of ketones is 1. The molecule has 1 saturated heterocycles. The summed E-state index contributed by atoms with van der Waals surface area (Å²) in [5.74, 6) is -0.314. The Morgan fingerprint density at radius 2 is 1.57 bits per heavy atom. The molecule has 4 aromatic carbocycles. The van der Waals surface area contributed by atoms with E-state index in [4.69, 9.17) is 15.2 Å². The standard InChI is InChI=1S/C44H54N2O7/c45-29-52-40-22-32(15-18-38(40)49)14-17-36(47)27-37(48)23-33(16-13-30-9-3-1-4-10-30)34-24-39(50)43(51)41(25-34)53-42-26-35(21-31-11-5-2-6-12-31)46-28-44(42)19-7-8-20-44/h1-6,9-12,15,18,22,24-25,33,35,37,42,46,48-51H,7-8,13-14,16-17,19-21,23,26-29,45H2/t33-,35+,37+,42-/m0/s1. The van der Waals surface area contributed by atoms with E-state index in [0.717, 1.165) is 68.2 Å². The number of piperidine rings is 1. The van der Waals surface area contributed by atoms with Crippen LogP contribution in [0.4, 0.5) is 0 Å². The Morgan fingerprint density at radius 1 is 0.849 bits per heavy atom. The molecule has 4 aromatic rings. The fraction of sp³-hybridized carbons (Fsp3) is 0.432. The third-order valence-corrected chi connectivity index (χ3v) is 11.3. The van der Waals surface area contributed by atoms with Crippen molar-refractivity contribution in [2.75, 3.05) is 13.3 Å². The molecule has 282 valence electrons. The van der Waals surface area contributed by atoms with E-state index < -0.39 is 6.10 Å². The number of ether oxygens (including phenoxy) is 2. The van der Waals surface area contributed by atoms with Crippen molar-refractivity contribution < 1.29 is 34.7 Å². The van der Waals surface area contributed by atoms with Crippen LogP contribution in [0.2, 0.25) is 0 Å². The number of aliphatic hydroxyl groups is 1. The van der Waals surface area contributed by atoms with Crippen LogP contribution in [-0.4, -0.2) is 57.7 Å². The Kier molecular flexibility index (Phi) is 12.9. The number of aryl methyl sites for hydroxylation is 2. The number of benzene rings is 4. The monoisotopic (exact) mass is 722 g/mol. The highest BCUT2D eigenvalue weighted by atomic mass is 16.5. The molecule has 1 saturated carbocycles. The number of hydrogen-bond acceptors (Lipinski definition) is 9. The molecule has 4 atom stereocenters. The van der Waals surface area contributed by atoms with E-state index in [1.807, 2.05) is 30.3 Å². The van der Waals surface area contributed by atoms with Gasteiger partial charge in [-0.05, 0) is 97.4 Å². The summed E-state index contributed by atoms with van der Waals surface area (Å²) in [6.45, 7) is 0.769. The SMILES string of the molecule is NCOc1cc(CCC(=O)C[C@H](O)C[C@H](CCc2ccccc2)c2cc(O)c(O)c(O[C@H]3C[C@@H](Cc4ccccc4)NCC34CCCC4)c2)ccc1O. The van der Waals surface area contributed by atoms with Gasteiger partial charge in [-0.2, -0.15) is 0 Å². The van der Waals surface area contributed by atoms with E-state index in [9.17, 15) is 25.2 Å². The molecule has 53 heavy (non-hydrogen) atoms. The lowest BCUT2D eigenvalue weighted by atomic mass is 9.74. The Balaban J connectivity index is 1.18. The van der Waals surface area contributed by atoms with E-state index in [-0.39, 0.29) is 77.6 Å². The second-order valence-corrected chi connectivity index (χ2v) is 15.0. The highest BCUT2D eigenvalue weighted by Crippen LogP contribution is 2.48. The molecule has 1 heterocycles. The van der Waals surface area contributed by atoms with Crippen molar-refractivity contribution >= 4 is 5.78 Å². The van der Waals surface area contributed by atoms with Gasteiger partial charge in [0.15, 0.2) is 23.0 Å². The van der Waals surface area contributed by atoms with Crippen molar-refractivity contribution in [1.82, 2.24) is 5.32 Å². The van der Waals surface area contributed by atoms with Gasteiger partial charge in [-0.1, -0.05) is 79.6 Å². The number of Topliss-reactive ketones (excluding diaryl/α,β-unsaturated/α-hetero) is 1. The van der Waals surface area contributed by atoms with Crippen LogP contribution in [0.3, 0.4) is 0 Å². The Hall–Kier alpha value is -4.57. The van der Waals surface area contributed by atoms with Crippen molar-refractivity contribution in [2.45, 2.75) is 101 Å². The van der Waals surface area contributed by atoms with Crippen LogP contribution < -0.4 is 20.5 Å². The Morgan fingerprint density at radius 3 is 2.28 bits per heavy atom. The minimum Gasteiger partial charge on any atom is -0.504 e. The minimum atomic E-state index is -0.913. The van der Waals surface area contributed by atoms with Crippen LogP contribution in [0.5, 0.6) is 28.7 Å². The molecule has 1 spiro atoms. The van der Waals surface area contributed by atoms with Crippen molar-refractivity contribution in [3.8, 4) is 28.7 Å². The van der Waals surface area contributed by atoms with Gasteiger partial charge in [0, 0.05) is 37.3 Å². The molecule has 0 bridgehead atoms. The molecular formula is C44H54N2O7. The third kappa shape index (κ3) is 10.1. The molecule has 6 rings (SSSR count). The second kappa shape index (κ2) is 18.0. The number of nitrogens with two attached hydrogens (primary N) is 1. The number of rotatable bonds is 17. The minimum absolute atomic E-state index is 0.0140. The Labute approximate surface area is 312 Å². The molecule has 0 amide bonds. The molecular weight excluding hydrogens is 668 g/mol. The van der Waals surface area contributed by atoms with Gasteiger partial charge in [0.1, 0.15) is 18.6 Å². The van der Waals surface area contributed by atoms with Gasteiger partial charge in [0.2, 0.25) is 5.75 Å².